The van der Waals surface area contributed by atoms with E-state index in [0.29, 0.717) is 0 Å². The quantitative estimate of drug-likeness (QED) is 0.452. The third-order valence-corrected chi connectivity index (χ3v) is 5.52. The molecule has 0 aliphatic carbocycles. The number of amides is 1. The highest BCUT2D eigenvalue weighted by molar-refractivity contribution is 7.13. The van der Waals surface area contributed by atoms with E-state index in [1.807, 2.05) is 47.4 Å². The van der Waals surface area contributed by atoms with Crippen LogP contribution in [0, 0.1) is 0 Å². The second-order valence-corrected chi connectivity index (χ2v) is 7.69. The molecule has 1 amide bonds. The van der Waals surface area contributed by atoms with E-state index in [1.54, 1.807) is 6.20 Å². The van der Waals surface area contributed by atoms with Crippen LogP contribution in [0.25, 0.3) is 10.2 Å². The highest BCUT2D eigenvalue weighted by Gasteiger charge is 2.15. The maximum Gasteiger partial charge on any atom is 0.253 e. The number of benzene rings is 1. The number of carbonyl (C=O) groups excluding carboxylic acids is 1. The van der Waals surface area contributed by atoms with Gasteiger partial charge >= 0.3 is 0 Å². The smallest absolute Gasteiger partial charge is 0.253 e. The van der Waals surface area contributed by atoms with E-state index in [2.05, 4.69) is 21.6 Å². The normalized spacial score (nSPS) is 10.9. The first-order valence-electron chi connectivity index (χ1n) is 10.1. The Bertz CT molecular complexity index is 865. The Kier molecular flexibility index (Phi) is 7.79. The van der Waals surface area contributed by atoms with Crippen LogP contribution in [0.3, 0.4) is 0 Å². The minimum Gasteiger partial charge on any atom is -0.367 e. The Morgan fingerprint density at radius 3 is 2.68 bits per heavy atom. The fourth-order valence-electron chi connectivity index (χ4n) is 3.18. The Morgan fingerprint density at radius 1 is 1.04 bits per heavy atom. The molecule has 3 aromatic rings. The second kappa shape index (κ2) is 10.8. The molecule has 3 rings (SSSR count). The number of aromatic nitrogens is 2. The summed E-state index contributed by atoms with van der Waals surface area (Å²) >= 11 is 1.46. The lowest BCUT2D eigenvalue weighted by atomic mass is 10.1. The van der Waals surface area contributed by atoms with Crippen molar-refractivity contribution in [3.8, 4) is 0 Å². The molecule has 1 N–H and O–H groups in total. The van der Waals surface area contributed by atoms with Crippen LogP contribution in [0.2, 0.25) is 0 Å². The predicted octanol–water partition coefficient (Wildman–Crippen LogP) is 5.22. The van der Waals surface area contributed by atoms with Gasteiger partial charge in [-0.1, -0.05) is 44.4 Å². The summed E-state index contributed by atoms with van der Waals surface area (Å²) in [6, 6.07) is 13.5. The van der Waals surface area contributed by atoms with Crippen molar-refractivity contribution < 1.29 is 4.79 Å². The summed E-state index contributed by atoms with van der Waals surface area (Å²) in [6.07, 6.45) is 7.31. The van der Waals surface area contributed by atoms with Gasteiger partial charge in [-0.15, -0.1) is 0 Å². The van der Waals surface area contributed by atoms with Crippen molar-refractivity contribution in [1.29, 1.82) is 0 Å². The van der Waals surface area contributed by atoms with Crippen molar-refractivity contribution >= 4 is 33.5 Å². The Labute approximate surface area is 171 Å². The molecular weight excluding hydrogens is 368 g/mol. The number of unbranched alkanes of at least 4 members (excludes halogenated alkanes) is 3. The molecule has 6 heteroatoms. The molecule has 0 radical (unpaired) electrons. The summed E-state index contributed by atoms with van der Waals surface area (Å²) in [7, 11) is 0. The maximum absolute atomic E-state index is 12.9. The van der Waals surface area contributed by atoms with E-state index < -0.39 is 0 Å². The molecule has 0 aliphatic rings. The molecule has 148 valence electrons. The Hall–Kier alpha value is -2.47. The number of carbonyl (C=O) groups is 1. The Balaban J connectivity index is 1.53. The average Bonchev–Trinajstić information content (AvgIpc) is 3.16. The van der Waals surface area contributed by atoms with Gasteiger partial charge in [0, 0.05) is 31.4 Å². The first kappa shape index (κ1) is 20.3. The van der Waals surface area contributed by atoms with Gasteiger partial charge in [-0.25, -0.2) is 0 Å². The lowest BCUT2D eigenvalue weighted by Gasteiger charge is -2.23. The number of fused-ring (bicyclic) bond motifs is 1. The van der Waals surface area contributed by atoms with Crippen molar-refractivity contribution in [3.05, 3.63) is 54.2 Å². The molecule has 2 aromatic heterocycles. The van der Waals surface area contributed by atoms with Gasteiger partial charge in [-0.2, -0.15) is 4.37 Å². The number of anilines is 1. The van der Waals surface area contributed by atoms with Crippen molar-refractivity contribution in [2.45, 2.75) is 39.0 Å². The van der Waals surface area contributed by atoms with Crippen LogP contribution >= 0.6 is 11.5 Å². The fraction of sp³-hybridized carbons (Fsp3) is 0.409. The average molecular weight is 397 g/mol. The molecule has 0 aliphatic heterocycles. The summed E-state index contributed by atoms with van der Waals surface area (Å²) in [5.41, 5.74) is 1.69. The number of hydrogen-bond acceptors (Lipinski definition) is 5. The predicted molar refractivity (Wildman–Crippen MR) is 117 cm³/mol. The third-order valence-electron chi connectivity index (χ3n) is 4.72. The SMILES string of the molecule is CCCCCCN(CCCNc1nsc2cccnc12)C(=O)c1ccccc1. The Morgan fingerprint density at radius 2 is 1.86 bits per heavy atom. The maximum atomic E-state index is 12.9. The molecule has 28 heavy (non-hydrogen) atoms. The molecule has 5 nitrogen and oxygen atoms in total. The van der Waals surface area contributed by atoms with Gasteiger partial charge in [0.05, 0.1) is 4.70 Å². The third kappa shape index (κ3) is 5.52. The summed E-state index contributed by atoms with van der Waals surface area (Å²) in [5.74, 6) is 0.961. The second-order valence-electron chi connectivity index (χ2n) is 6.88. The largest absolute Gasteiger partial charge is 0.367 e. The van der Waals surface area contributed by atoms with Crippen LogP contribution in [0.1, 0.15) is 49.4 Å². The van der Waals surface area contributed by atoms with E-state index >= 15 is 0 Å². The van der Waals surface area contributed by atoms with Gasteiger partial charge in [0.2, 0.25) is 0 Å². The fourth-order valence-corrected chi connectivity index (χ4v) is 3.90. The van der Waals surface area contributed by atoms with Crippen molar-refractivity contribution in [3.63, 3.8) is 0 Å². The van der Waals surface area contributed by atoms with Crippen LogP contribution in [0.15, 0.2) is 48.7 Å². The van der Waals surface area contributed by atoms with Gasteiger partial charge in [0.25, 0.3) is 5.91 Å². The molecule has 0 bridgehead atoms. The van der Waals surface area contributed by atoms with Crippen LogP contribution < -0.4 is 5.32 Å². The van der Waals surface area contributed by atoms with Gasteiger partial charge in [-0.05, 0) is 48.6 Å². The number of nitrogens with one attached hydrogen (secondary N) is 1. The summed E-state index contributed by atoms with van der Waals surface area (Å²) in [4.78, 5) is 19.3. The first-order valence-corrected chi connectivity index (χ1v) is 10.9. The van der Waals surface area contributed by atoms with Crippen molar-refractivity contribution in [2.75, 3.05) is 25.0 Å². The van der Waals surface area contributed by atoms with Crippen LogP contribution in [-0.2, 0) is 0 Å². The molecule has 0 spiro atoms. The minimum absolute atomic E-state index is 0.123. The molecule has 0 atom stereocenters. The number of rotatable bonds is 11. The topological polar surface area (TPSA) is 58.1 Å². The van der Waals surface area contributed by atoms with E-state index in [4.69, 9.17) is 0 Å². The van der Waals surface area contributed by atoms with Gasteiger partial charge in [0.1, 0.15) is 5.52 Å². The number of nitrogens with zero attached hydrogens (tertiary/aromatic N) is 3. The zero-order valence-corrected chi connectivity index (χ0v) is 17.3. The summed E-state index contributed by atoms with van der Waals surface area (Å²) in [6.45, 7) is 4.52. The molecule has 0 unspecified atom stereocenters. The van der Waals surface area contributed by atoms with Gasteiger partial charge in [0.15, 0.2) is 5.82 Å². The number of pyridine rings is 1. The highest BCUT2D eigenvalue weighted by atomic mass is 32.1. The summed E-state index contributed by atoms with van der Waals surface area (Å²) < 4.78 is 5.54. The zero-order chi connectivity index (χ0) is 19.6. The highest BCUT2D eigenvalue weighted by Crippen LogP contribution is 2.23. The van der Waals surface area contributed by atoms with Crippen LogP contribution in [-0.4, -0.2) is 39.8 Å². The standard InChI is InChI=1S/C22H28N4OS/c1-2-3-4-8-16-26(22(27)18-11-6-5-7-12-18)17-10-15-24-21-20-19(28-25-21)13-9-14-23-20/h5-7,9,11-14H,2-4,8,10,15-17H2,1H3,(H,24,25). The molecule has 0 fully saturated rings. The molecule has 0 saturated carbocycles. The molecular formula is C22H28N4OS. The van der Waals surface area contributed by atoms with Crippen molar-refractivity contribution in [2.24, 2.45) is 0 Å². The molecule has 1 aromatic carbocycles. The summed E-state index contributed by atoms with van der Waals surface area (Å²) in [5, 5.41) is 3.38. The molecule has 2 heterocycles. The first-order chi connectivity index (χ1) is 13.8. The van der Waals surface area contributed by atoms with Gasteiger partial charge < -0.3 is 10.2 Å². The zero-order valence-electron chi connectivity index (χ0n) is 16.4. The monoisotopic (exact) mass is 396 g/mol. The van der Waals surface area contributed by atoms with E-state index in [1.165, 1.54) is 30.8 Å². The minimum atomic E-state index is 0.123. The lowest BCUT2D eigenvalue weighted by Crippen LogP contribution is -2.33. The van der Waals surface area contributed by atoms with E-state index in [9.17, 15) is 4.79 Å². The van der Waals surface area contributed by atoms with Gasteiger partial charge in [-0.3, -0.25) is 9.78 Å². The van der Waals surface area contributed by atoms with Crippen LogP contribution in [0.4, 0.5) is 5.82 Å². The lowest BCUT2D eigenvalue weighted by molar-refractivity contribution is 0.0752. The van der Waals surface area contributed by atoms with Crippen molar-refractivity contribution in [1.82, 2.24) is 14.3 Å². The van der Waals surface area contributed by atoms with E-state index in [-0.39, 0.29) is 5.91 Å². The number of hydrogen-bond donors (Lipinski definition) is 1. The molecule has 0 saturated heterocycles. The van der Waals surface area contributed by atoms with Crippen LogP contribution in [0.5, 0.6) is 0 Å². The van der Waals surface area contributed by atoms with E-state index in [0.717, 1.165) is 54.1 Å².